The quantitative estimate of drug-likeness (QED) is 0.813. The van der Waals surface area contributed by atoms with Gasteiger partial charge < -0.3 is 20.1 Å². The van der Waals surface area contributed by atoms with Crippen molar-refractivity contribution in [3.8, 4) is 5.69 Å². The second kappa shape index (κ2) is 8.81. The minimum absolute atomic E-state index is 0.0818. The molecule has 3 rings (SSSR count). The Hall–Kier alpha value is -2.67. The van der Waals surface area contributed by atoms with E-state index in [0.717, 1.165) is 24.3 Å². The monoisotopic (exact) mass is 369 g/mol. The van der Waals surface area contributed by atoms with Gasteiger partial charge in [0, 0.05) is 25.7 Å². The van der Waals surface area contributed by atoms with Crippen molar-refractivity contribution >= 4 is 11.8 Å². The first kappa shape index (κ1) is 19.1. The van der Waals surface area contributed by atoms with Crippen LogP contribution in [0, 0.1) is 0 Å². The van der Waals surface area contributed by atoms with E-state index < -0.39 is 0 Å². The van der Waals surface area contributed by atoms with Crippen LogP contribution in [0.15, 0.2) is 36.8 Å². The van der Waals surface area contributed by atoms with Crippen molar-refractivity contribution in [3.05, 3.63) is 48.0 Å². The molecule has 1 unspecified atom stereocenters. The average molecular weight is 369 g/mol. The molecule has 1 aliphatic rings. The molecule has 0 aliphatic carbocycles. The topological polar surface area (TPSA) is 79.3 Å². The number of amides is 2. The summed E-state index contributed by atoms with van der Waals surface area (Å²) in [5, 5.41) is 5.81. The van der Waals surface area contributed by atoms with Gasteiger partial charge in [0.25, 0.3) is 5.91 Å². The number of likely N-dealkylation sites (N-methyl/N-ethyl adjacent to an activating group) is 1. The number of nitrogens with zero attached hydrogens (tertiary/aromatic N) is 3. The maximum Gasteiger partial charge on any atom is 0.253 e. The highest BCUT2D eigenvalue weighted by atomic mass is 16.2. The van der Waals surface area contributed by atoms with Crippen LogP contribution in [0.3, 0.4) is 0 Å². The summed E-state index contributed by atoms with van der Waals surface area (Å²) in [6.07, 6.45) is 7.06. The number of hydrogen-bond donors (Lipinski definition) is 2. The number of nitrogens with one attached hydrogen (secondary N) is 2. The first-order valence-electron chi connectivity index (χ1n) is 9.39. The lowest BCUT2D eigenvalue weighted by Crippen LogP contribution is -2.44. The smallest absolute Gasteiger partial charge is 0.253 e. The lowest BCUT2D eigenvalue weighted by molar-refractivity contribution is -0.119. The fourth-order valence-electron chi connectivity index (χ4n) is 3.40. The summed E-state index contributed by atoms with van der Waals surface area (Å²) < 4.78 is 1.82. The predicted octanol–water partition coefficient (Wildman–Crippen LogP) is 1.72. The highest BCUT2D eigenvalue weighted by Crippen LogP contribution is 2.17. The molecule has 2 amide bonds. The molecule has 1 fully saturated rings. The van der Waals surface area contributed by atoms with E-state index in [4.69, 9.17) is 0 Å². The summed E-state index contributed by atoms with van der Waals surface area (Å²) in [6.45, 7) is 3.58. The Bertz CT molecular complexity index is 801. The number of carbonyl (C=O) groups is 2. The molecule has 2 aromatic rings. The van der Waals surface area contributed by atoms with E-state index in [9.17, 15) is 9.59 Å². The summed E-state index contributed by atoms with van der Waals surface area (Å²) in [6, 6.07) is 7.87. The third kappa shape index (κ3) is 4.95. The van der Waals surface area contributed by atoms with Crippen molar-refractivity contribution in [1.29, 1.82) is 0 Å². The molecule has 7 nitrogen and oxygen atoms in total. The van der Waals surface area contributed by atoms with Crippen LogP contribution >= 0.6 is 0 Å². The van der Waals surface area contributed by atoms with E-state index >= 15 is 0 Å². The first-order valence-corrected chi connectivity index (χ1v) is 9.39. The zero-order valence-electron chi connectivity index (χ0n) is 15.9. The van der Waals surface area contributed by atoms with Crippen molar-refractivity contribution in [2.45, 2.75) is 38.8 Å². The number of aromatic nitrogens is 2. The Morgan fingerprint density at radius 2 is 2.04 bits per heavy atom. The van der Waals surface area contributed by atoms with Crippen molar-refractivity contribution in [2.75, 3.05) is 20.1 Å². The van der Waals surface area contributed by atoms with Crippen molar-refractivity contribution < 1.29 is 9.59 Å². The molecule has 27 heavy (non-hydrogen) atoms. The molecule has 1 atom stereocenters. The van der Waals surface area contributed by atoms with Crippen LogP contribution in [0.1, 0.15) is 42.2 Å². The van der Waals surface area contributed by atoms with Crippen LogP contribution in [0.4, 0.5) is 0 Å². The molecule has 144 valence electrons. The lowest BCUT2D eigenvalue weighted by atomic mass is 10.0. The number of rotatable bonds is 6. The number of hydrogen-bond acceptors (Lipinski definition) is 4. The summed E-state index contributed by atoms with van der Waals surface area (Å²) >= 11 is 0. The third-order valence-corrected chi connectivity index (χ3v) is 5.00. The fraction of sp³-hybridized carbons (Fsp3) is 0.450. The second-order valence-corrected chi connectivity index (χ2v) is 7.04. The van der Waals surface area contributed by atoms with Gasteiger partial charge in [-0.2, -0.15) is 0 Å². The minimum atomic E-state index is -0.1000. The summed E-state index contributed by atoms with van der Waals surface area (Å²) in [5.41, 5.74) is 2.12. The second-order valence-electron chi connectivity index (χ2n) is 7.04. The minimum Gasteiger partial charge on any atom is -0.351 e. The number of benzene rings is 1. The van der Waals surface area contributed by atoms with Crippen LogP contribution in [-0.4, -0.2) is 52.4 Å². The fourth-order valence-corrected chi connectivity index (χ4v) is 3.40. The SMILES string of the molecule is CC(=O)NCc1cn(-c2ccccc2C(=O)NCC2CCCCN2C)cn1. The third-order valence-electron chi connectivity index (χ3n) is 5.00. The number of piperidine rings is 1. The van der Waals surface area contributed by atoms with Gasteiger partial charge in [0.2, 0.25) is 5.91 Å². The number of para-hydroxylation sites is 1. The van der Waals surface area contributed by atoms with Gasteiger partial charge in [-0.3, -0.25) is 9.59 Å². The number of carbonyl (C=O) groups excluding carboxylic acids is 2. The molecule has 0 bridgehead atoms. The molecule has 2 heterocycles. The van der Waals surface area contributed by atoms with Crippen LogP contribution in [0.2, 0.25) is 0 Å². The summed E-state index contributed by atoms with van der Waals surface area (Å²) in [5.74, 6) is -0.182. The van der Waals surface area contributed by atoms with Gasteiger partial charge in [-0.1, -0.05) is 18.6 Å². The lowest BCUT2D eigenvalue weighted by Gasteiger charge is -2.32. The van der Waals surface area contributed by atoms with Crippen molar-refractivity contribution in [3.63, 3.8) is 0 Å². The zero-order valence-corrected chi connectivity index (χ0v) is 15.9. The van der Waals surface area contributed by atoms with E-state index in [2.05, 4.69) is 27.6 Å². The molecule has 2 N–H and O–H groups in total. The van der Waals surface area contributed by atoms with E-state index in [1.807, 2.05) is 35.0 Å². The van der Waals surface area contributed by atoms with Gasteiger partial charge in [-0.15, -0.1) is 0 Å². The van der Waals surface area contributed by atoms with E-state index in [1.165, 1.54) is 19.8 Å². The Morgan fingerprint density at radius 1 is 1.22 bits per heavy atom. The van der Waals surface area contributed by atoms with Crippen molar-refractivity contribution in [1.82, 2.24) is 25.1 Å². The molecular weight excluding hydrogens is 342 g/mol. The predicted molar refractivity (Wildman–Crippen MR) is 104 cm³/mol. The Kier molecular flexibility index (Phi) is 6.24. The van der Waals surface area contributed by atoms with Crippen molar-refractivity contribution in [2.24, 2.45) is 0 Å². The number of likely N-dealkylation sites (tertiary alicyclic amines) is 1. The molecule has 1 saturated heterocycles. The zero-order chi connectivity index (χ0) is 19.2. The average Bonchev–Trinajstić information content (AvgIpc) is 3.14. The largest absolute Gasteiger partial charge is 0.351 e. The van der Waals surface area contributed by atoms with Gasteiger partial charge in [-0.05, 0) is 38.6 Å². The Balaban J connectivity index is 1.69. The van der Waals surface area contributed by atoms with Gasteiger partial charge >= 0.3 is 0 Å². The molecule has 1 aromatic carbocycles. The molecule has 0 spiro atoms. The van der Waals surface area contributed by atoms with E-state index in [1.54, 1.807) is 6.33 Å². The van der Waals surface area contributed by atoms with E-state index in [0.29, 0.717) is 24.7 Å². The molecule has 0 saturated carbocycles. The van der Waals surface area contributed by atoms with Crippen LogP contribution < -0.4 is 10.6 Å². The maximum atomic E-state index is 12.8. The van der Waals surface area contributed by atoms with E-state index in [-0.39, 0.29) is 11.8 Å². The first-order chi connectivity index (χ1) is 13.0. The van der Waals surface area contributed by atoms with Gasteiger partial charge in [0.05, 0.1) is 29.8 Å². The summed E-state index contributed by atoms with van der Waals surface area (Å²) in [7, 11) is 2.12. The molecule has 7 heteroatoms. The normalized spacial score (nSPS) is 17.5. The molecule has 1 aliphatic heterocycles. The van der Waals surface area contributed by atoms with Gasteiger partial charge in [0.1, 0.15) is 0 Å². The Morgan fingerprint density at radius 3 is 2.81 bits per heavy atom. The highest BCUT2D eigenvalue weighted by molar-refractivity contribution is 5.97. The highest BCUT2D eigenvalue weighted by Gasteiger charge is 2.20. The standard InChI is InChI=1S/C20H27N5O2/c1-15(26)21-11-16-13-25(14-23-16)19-9-4-3-8-18(19)20(27)22-12-17-7-5-6-10-24(17)2/h3-4,8-9,13-14,17H,5-7,10-12H2,1-2H3,(H,21,26)(H,22,27). The van der Waals surface area contributed by atoms with Crippen LogP contribution in [0.5, 0.6) is 0 Å². The number of imidazole rings is 1. The molecule has 0 radical (unpaired) electrons. The molecular formula is C20H27N5O2. The van der Waals surface area contributed by atoms with Crippen LogP contribution in [0.25, 0.3) is 5.69 Å². The summed E-state index contributed by atoms with van der Waals surface area (Å²) in [4.78, 5) is 30.5. The maximum absolute atomic E-state index is 12.8. The molecule has 1 aromatic heterocycles. The van der Waals surface area contributed by atoms with Gasteiger partial charge in [0.15, 0.2) is 0 Å². The van der Waals surface area contributed by atoms with Crippen LogP contribution in [-0.2, 0) is 11.3 Å². The van der Waals surface area contributed by atoms with Gasteiger partial charge in [-0.25, -0.2) is 4.98 Å². The Labute approximate surface area is 159 Å².